The van der Waals surface area contributed by atoms with Crippen LogP contribution in [0.25, 0.3) is 0 Å². The van der Waals surface area contributed by atoms with Crippen molar-refractivity contribution in [3.8, 4) is 0 Å². The summed E-state index contributed by atoms with van der Waals surface area (Å²) in [6, 6.07) is 16.4. The molecule has 2 aliphatic heterocycles. The van der Waals surface area contributed by atoms with E-state index in [9.17, 15) is 18.0 Å². The molecule has 166 valence electrons. The number of hydrogen-bond donors (Lipinski definition) is 0. The third-order valence-electron chi connectivity index (χ3n) is 6.43. The Balaban J connectivity index is 1.51. The zero-order valence-corrected chi connectivity index (χ0v) is 18.6. The van der Waals surface area contributed by atoms with Crippen LogP contribution in [0.4, 0.5) is 5.69 Å². The molecular weight excluding hydrogens is 426 g/mol. The van der Waals surface area contributed by atoms with Crippen LogP contribution >= 0.6 is 0 Å². The van der Waals surface area contributed by atoms with Gasteiger partial charge < -0.3 is 9.80 Å². The number of benzene rings is 2. The Hall–Kier alpha value is -2.97. The molecule has 0 amide bonds. The highest BCUT2D eigenvalue weighted by atomic mass is 32.2. The summed E-state index contributed by atoms with van der Waals surface area (Å²) in [7, 11) is -4.13. The lowest BCUT2D eigenvalue weighted by Gasteiger charge is -2.37. The van der Waals surface area contributed by atoms with Crippen LogP contribution in [-0.4, -0.2) is 68.5 Å². The van der Waals surface area contributed by atoms with Crippen LogP contribution in [0, 0.1) is 0 Å². The number of Topliss-reactive ketones (excluding diaryl/α,β-unsaturated/α-hetero) is 2. The van der Waals surface area contributed by atoms with Gasteiger partial charge in [0.25, 0.3) is 0 Å². The monoisotopic (exact) mass is 451 g/mol. The highest BCUT2D eigenvalue weighted by Gasteiger charge is 2.44. The summed E-state index contributed by atoms with van der Waals surface area (Å²) in [6.45, 7) is 2.73. The average Bonchev–Trinajstić information content (AvgIpc) is 3.36. The summed E-state index contributed by atoms with van der Waals surface area (Å²) in [5, 5.41) is 0. The average molecular weight is 452 g/mol. The highest BCUT2D eigenvalue weighted by Crippen LogP contribution is 2.34. The second-order valence-electron chi connectivity index (χ2n) is 8.30. The molecule has 7 nitrogen and oxygen atoms in total. The van der Waals surface area contributed by atoms with Crippen molar-refractivity contribution in [3.05, 3.63) is 76.3 Å². The Morgan fingerprint density at radius 2 is 1.19 bits per heavy atom. The van der Waals surface area contributed by atoms with Crippen LogP contribution in [0.3, 0.4) is 0 Å². The van der Waals surface area contributed by atoms with Crippen molar-refractivity contribution in [2.24, 2.45) is 0 Å². The van der Waals surface area contributed by atoms with Gasteiger partial charge in [0.15, 0.2) is 4.91 Å². The fourth-order valence-electron chi connectivity index (χ4n) is 4.76. The van der Waals surface area contributed by atoms with Crippen molar-refractivity contribution < 1.29 is 18.0 Å². The summed E-state index contributed by atoms with van der Waals surface area (Å²) in [6.07, 6.45) is 1.74. The normalized spacial score (nSPS) is 20.1. The van der Waals surface area contributed by atoms with Crippen LogP contribution in [0.15, 0.2) is 65.2 Å². The molecular formula is C24H25N3O4S. The number of nitrogens with zero attached hydrogens (tertiary/aromatic N) is 3. The molecule has 0 radical (unpaired) electrons. The van der Waals surface area contributed by atoms with E-state index in [2.05, 4.69) is 4.90 Å². The highest BCUT2D eigenvalue weighted by molar-refractivity contribution is 7.94. The van der Waals surface area contributed by atoms with Crippen LogP contribution < -0.4 is 4.90 Å². The lowest BCUT2D eigenvalue weighted by atomic mass is 9.92. The van der Waals surface area contributed by atoms with Gasteiger partial charge in [-0.15, -0.1) is 0 Å². The first-order chi connectivity index (χ1) is 15.5. The van der Waals surface area contributed by atoms with Gasteiger partial charge in [-0.3, -0.25) is 9.59 Å². The second-order valence-corrected chi connectivity index (χ2v) is 10.2. The molecule has 0 unspecified atom stereocenters. The topological polar surface area (TPSA) is 78.0 Å². The minimum atomic E-state index is -4.13. The molecule has 2 heterocycles. The van der Waals surface area contributed by atoms with E-state index in [1.165, 1.54) is 4.31 Å². The number of piperazine rings is 1. The number of carbonyl (C=O) groups is 2. The van der Waals surface area contributed by atoms with E-state index in [0.717, 1.165) is 18.5 Å². The SMILES string of the molecule is O=C1C(N2CCCC2)=C(S(=O)(=O)N2CCN(c3ccccc3)CC2)C(=O)c2ccccc21. The van der Waals surface area contributed by atoms with Gasteiger partial charge in [0.1, 0.15) is 5.70 Å². The maximum atomic E-state index is 13.8. The van der Waals surface area contributed by atoms with E-state index in [1.807, 2.05) is 30.3 Å². The fourth-order valence-corrected chi connectivity index (χ4v) is 6.47. The predicted octanol–water partition coefficient (Wildman–Crippen LogP) is 2.53. The number of ketones is 2. The Morgan fingerprint density at radius 3 is 1.81 bits per heavy atom. The number of para-hydroxylation sites is 1. The molecule has 0 spiro atoms. The summed E-state index contributed by atoms with van der Waals surface area (Å²) in [5.74, 6) is -0.948. The van der Waals surface area contributed by atoms with Crippen LogP contribution in [0.1, 0.15) is 33.6 Å². The molecule has 8 heteroatoms. The number of likely N-dealkylation sites (tertiary alicyclic amines) is 1. The van der Waals surface area contributed by atoms with E-state index in [0.29, 0.717) is 26.2 Å². The summed E-state index contributed by atoms with van der Waals surface area (Å²) >= 11 is 0. The van der Waals surface area contributed by atoms with E-state index >= 15 is 0 Å². The minimum Gasteiger partial charge on any atom is -0.369 e. The van der Waals surface area contributed by atoms with Gasteiger partial charge in [0, 0.05) is 56.1 Å². The molecule has 32 heavy (non-hydrogen) atoms. The number of fused-ring (bicyclic) bond motifs is 1. The number of allylic oxidation sites excluding steroid dienone is 2. The molecule has 0 aromatic heterocycles. The van der Waals surface area contributed by atoms with Gasteiger partial charge in [-0.2, -0.15) is 4.31 Å². The maximum absolute atomic E-state index is 13.8. The molecule has 0 saturated carbocycles. The largest absolute Gasteiger partial charge is 0.369 e. The Kier molecular flexibility index (Phi) is 5.35. The number of anilines is 1. The molecule has 0 atom stereocenters. The quantitative estimate of drug-likeness (QED) is 0.711. The third-order valence-corrected chi connectivity index (χ3v) is 8.37. The zero-order valence-electron chi connectivity index (χ0n) is 17.7. The van der Waals surface area contributed by atoms with Gasteiger partial charge in [-0.25, -0.2) is 8.42 Å². The van der Waals surface area contributed by atoms with E-state index in [-0.39, 0.29) is 40.6 Å². The van der Waals surface area contributed by atoms with Gasteiger partial charge in [0.05, 0.1) is 0 Å². The molecule has 3 aliphatic rings. The first-order valence-electron chi connectivity index (χ1n) is 11.0. The molecule has 2 fully saturated rings. The van der Waals surface area contributed by atoms with E-state index in [4.69, 9.17) is 0 Å². The predicted molar refractivity (Wildman–Crippen MR) is 122 cm³/mol. The summed E-state index contributed by atoms with van der Waals surface area (Å²) < 4.78 is 28.9. The number of hydrogen-bond acceptors (Lipinski definition) is 6. The molecule has 5 rings (SSSR count). The Labute approximate surface area is 188 Å². The van der Waals surface area contributed by atoms with Crippen LogP contribution in [-0.2, 0) is 10.0 Å². The standard InChI is InChI=1S/C24H25N3O4S/c28-22-19-10-4-5-11-20(19)23(29)24(21(22)26-12-6-7-13-26)32(30,31)27-16-14-25(15-17-27)18-8-2-1-3-9-18/h1-5,8-11H,6-7,12-17H2. The Bertz CT molecular complexity index is 1190. The lowest BCUT2D eigenvalue weighted by Crippen LogP contribution is -2.50. The van der Waals surface area contributed by atoms with Crippen LogP contribution in [0.5, 0.6) is 0 Å². The van der Waals surface area contributed by atoms with Gasteiger partial charge >= 0.3 is 0 Å². The first kappa shape index (κ1) is 20.9. The molecule has 2 aromatic rings. The van der Waals surface area contributed by atoms with E-state index in [1.54, 1.807) is 29.2 Å². The van der Waals surface area contributed by atoms with Gasteiger partial charge in [-0.05, 0) is 25.0 Å². The molecule has 1 aliphatic carbocycles. The third kappa shape index (κ3) is 3.43. The second kappa shape index (κ2) is 8.18. The zero-order chi connectivity index (χ0) is 22.3. The molecule has 2 saturated heterocycles. The maximum Gasteiger partial charge on any atom is 0.249 e. The van der Waals surface area contributed by atoms with Crippen LogP contribution in [0.2, 0.25) is 0 Å². The summed E-state index contributed by atoms with van der Waals surface area (Å²) in [4.78, 5) is 30.4. The lowest BCUT2D eigenvalue weighted by molar-refractivity contribution is 0.0952. The first-order valence-corrected chi connectivity index (χ1v) is 12.4. The van der Waals surface area contributed by atoms with Crippen molar-refractivity contribution >= 4 is 27.3 Å². The van der Waals surface area contributed by atoms with Crippen molar-refractivity contribution in [2.45, 2.75) is 12.8 Å². The smallest absolute Gasteiger partial charge is 0.249 e. The fraction of sp³-hybridized carbons (Fsp3) is 0.333. The van der Waals surface area contributed by atoms with Gasteiger partial charge in [0.2, 0.25) is 21.6 Å². The van der Waals surface area contributed by atoms with Gasteiger partial charge in [-0.1, -0.05) is 42.5 Å². The van der Waals surface area contributed by atoms with E-state index < -0.39 is 15.8 Å². The molecule has 0 N–H and O–H groups in total. The van der Waals surface area contributed by atoms with Crippen molar-refractivity contribution in [1.29, 1.82) is 0 Å². The molecule has 0 bridgehead atoms. The van der Waals surface area contributed by atoms with Crippen molar-refractivity contribution in [1.82, 2.24) is 9.21 Å². The Morgan fingerprint density at radius 1 is 0.625 bits per heavy atom. The number of carbonyl (C=O) groups excluding carboxylic acids is 2. The molecule has 2 aromatic carbocycles. The van der Waals surface area contributed by atoms with Crippen molar-refractivity contribution in [2.75, 3.05) is 44.2 Å². The minimum absolute atomic E-state index is 0.0525. The summed E-state index contributed by atoms with van der Waals surface area (Å²) in [5.41, 5.74) is 1.55. The number of sulfonamides is 1. The van der Waals surface area contributed by atoms with Crippen molar-refractivity contribution in [3.63, 3.8) is 0 Å². The number of rotatable bonds is 4.